The Hall–Kier alpha value is -2.82. The van der Waals surface area contributed by atoms with E-state index in [0.717, 1.165) is 28.8 Å². The Morgan fingerprint density at radius 1 is 1.12 bits per heavy atom. The number of carbonyl (C=O) groups excluding carboxylic acids is 2. The van der Waals surface area contributed by atoms with Crippen LogP contribution in [0.3, 0.4) is 0 Å². The highest BCUT2D eigenvalue weighted by Crippen LogP contribution is 2.21. The van der Waals surface area contributed by atoms with Crippen molar-refractivity contribution in [3.05, 3.63) is 65.2 Å². The summed E-state index contributed by atoms with van der Waals surface area (Å²) in [5.41, 5.74) is 4.02. The summed E-state index contributed by atoms with van der Waals surface area (Å²) in [7, 11) is 0. The molecule has 3 amide bonds. The van der Waals surface area contributed by atoms with Crippen molar-refractivity contribution in [2.75, 3.05) is 11.9 Å². The van der Waals surface area contributed by atoms with Crippen LogP contribution in [0.25, 0.3) is 0 Å². The molecule has 0 spiro atoms. The smallest absolute Gasteiger partial charge is 0.318 e. The standard InChI is InChI=1S/C21H25N3O2/c1-15-10-11-18(16(2)13-15)23-20(25)19-9-6-12-24(19)21(26)22-14-17-7-4-3-5-8-17/h3-5,7-8,10-11,13,19H,6,9,12,14H2,1-2H3,(H,22,26)(H,23,25)/t19-/m1/s1. The number of hydrogen-bond donors (Lipinski definition) is 2. The molecule has 26 heavy (non-hydrogen) atoms. The normalized spacial score (nSPS) is 16.4. The molecule has 0 saturated carbocycles. The molecule has 0 radical (unpaired) electrons. The van der Waals surface area contributed by atoms with Crippen LogP contribution in [0.5, 0.6) is 0 Å². The Balaban J connectivity index is 1.61. The van der Waals surface area contributed by atoms with E-state index in [1.807, 2.05) is 62.4 Å². The van der Waals surface area contributed by atoms with Gasteiger partial charge in [0.15, 0.2) is 0 Å². The quantitative estimate of drug-likeness (QED) is 0.884. The second kappa shape index (κ2) is 8.04. The second-order valence-electron chi connectivity index (χ2n) is 6.80. The first-order chi connectivity index (χ1) is 12.5. The number of nitrogens with one attached hydrogen (secondary N) is 2. The summed E-state index contributed by atoms with van der Waals surface area (Å²) in [6.07, 6.45) is 1.53. The number of anilines is 1. The maximum absolute atomic E-state index is 12.7. The molecule has 1 aliphatic rings. The fraction of sp³-hybridized carbons (Fsp3) is 0.333. The average molecular weight is 351 g/mol. The number of carbonyl (C=O) groups is 2. The van der Waals surface area contributed by atoms with Gasteiger partial charge in [-0.1, -0.05) is 48.0 Å². The Morgan fingerprint density at radius 2 is 1.88 bits per heavy atom. The molecule has 1 aliphatic heterocycles. The van der Waals surface area contributed by atoms with E-state index in [1.54, 1.807) is 4.90 Å². The highest BCUT2D eigenvalue weighted by atomic mass is 16.2. The van der Waals surface area contributed by atoms with E-state index in [2.05, 4.69) is 10.6 Å². The Labute approximate surface area is 154 Å². The van der Waals surface area contributed by atoms with Gasteiger partial charge in [-0.3, -0.25) is 4.79 Å². The summed E-state index contributed by atoms with van der Waals surface area (Å²) in [6, 6.07) is 15.1. The number of likely N-dealkylation sites (tertiary alicyclic amines) is 1. The molecular weight excluding hydrogens is 326 g/mol. The lowest BCUT2D eigenvalue weighted by Crippen LogP contribution is -2.47. The molecule has 2 aromatic rings. The highest BCUT2D eigenvalue weighted by molar-refractivity contribution is 5.97. The van der Waals surface area contributed by atoms with Gasteiger partial charge < -0.3 is 15.5 Å². The molecule has 5 nitrogen and oxygen atoms in total. The van der Waals surface area contributed by atoms with Gasteiger partial charge in [-0.15, -0.1) is 0 Å². The van der Waals surface area contributed by atoms with Gasteiger partial charge >= 0.3 is 6.03 Å². The monoisotopic (exact) mass is 351 g/mol. The summed E-state index contributed by atoms with van der Waals surface area (Å²) >= 11 is 0. The minimum atomic E-state index is -0.425. The predicted molar refractivity (Wildman–Crippen MR) is 103 cm³/mol. The van der Waals surface area contributed by atoms with Crippen molar-refractivity contribution in [2.24, 2.45) is 0 Å². The van der Waals surface area contributed by atoms with E-state index in [-0.39, 0.29) is 11.9 Å². The molecule has 2 N–H and O–H groups in total. The molecule has 3 rings (SSSR count). The first-order valence-electron chi connectivity index (χ1n) is 9.01. The summed E-state index contributed by atoms with van der Waals surface area (Å²) < 4.78 is 0. The summed E-state index contributed by atoms with van der Waals surface area (Å²) in [4.78, 5) is 26.9. The van der Waals surface area contributed by atoms with Crippen LogP contribution in [0.4, 0.5) is 10.5 Å². The predicted octanol–water partition coefficient (Wildman–Crippen LogP) is 3.62. The first kappa shape index (κ1) is 18.0. The van der Waals surface area contributed by atoms with E-state index in [4.69, 9.17) is 0 Å². The van der Waals surface area contributed by atoms with E-state index in [0.29, 0.717) is 19.5 Å². The Morgan fingerprint density at radius 3 is 2.62 bits per heavy atom. The third-order valence-corrected chi connectivity index (χ3v) is 4.74. The van der Waals surface area contributed by atoms with E-state index < -0.39 is 6.04 Å². The number of rotatable bonds is 4. The van der Waals surface area contributed by atoms with Crippen LogP contribution >= 0.6 is 0 Å². The van der Waals surface area contributed by atoms with E-state index >= 15 is 0 Å². The number of benzene rings is 2. The van der Waals surface area contributed by atoms with E-state index in [9.17, 15) is 9.59 Å². The van der Waals surface area contributed by atoms with Crippen molar-refractivity contribution in [1.82, 2.24) is 10.2 Å². The molecule has 0 bridgehead atoms. The number of nitrogens with zero attached hydrogens (tertiary/aromatic N) is 1. The molecule has 136 valence electrons. The molecule has 1 atom stereocenters. The molecule has 1 heterocycles. The summed E-state index contributed by atoms with van der Waals surface area (Å²) in [5.74, 6) is -0.121. The number of amides is 3. The molecule has 5 heteroatoms. The van der Waals surface area contributed by atoms with Crippen molar-refractivity contribution in [1.29, 1.82) is 0 Å². The summed E-state index contributed by atoms with van der Waals surface area (Å²) in [6.45, 7) is 5.06. The molecule has 1 saturated heterocycles. The van der Waals surface area contributed by atoms with Gasteiger partial charge in [0.2, 0.25) is 5.91 Å². The Bertz CT molecular complexity index is 789. The topological polar surface area (TPSA) is 61.4 Å². The zero-order chi connectivity index (χ0) is 18.5. The van der Waals surface area contributed by atoms with E-state index in [1.165, 1.54) is 0 Å². The van der Waals surface area contributed by atoms with Crippen molar-refractivity contribution in [2.45, 2.75) is 39.3 Å². The highest BCUT2D eigenvalue weighted by Gasteiger charge is 2.34. The largest absolute Gasteiger partial charge is 0.334 e. The maximum atomic E-state index is 12.7. The van der Waals surface area contributed by atoms with Crippen molar-refractivity contribution < 1.29 is 9.59 Å². The van der Waals surface area contributed by atoms with Crippen LogP contribution in [-0.2, 0) is 11.3 Å². The average Bonchev–Trinajstić information content (AvgIpc) is 3.13. The molecule has 2 aromatic carbocycles. The molecular formula is C21H25N3O2. The van der Waals surface area contributed by atoms with Crippen molar-refractivity contribution in [3.63, 3.8) is 0 Å². The van der Waals surface area contributed by atoms with Crippen LogP contribution < -0.4 is 10.6 Å². The van der Waals surface area contributed by atoms with Crippen LogP contribution in [0.15, 0.2) is 48.5 Å². The number of urea groups is 1. The van der Waals surface area contributed by atoms with Gasteiger partial charge in [0.1, 0.15) is 6.04 Å². The zero-order valence-electron chi connectivity index (χ0n) is 15.3. The zero-order valence-corrected chi connectivity index (χ0v) is 15.3. The lowest BCUT2D eigenvalue weighted by atomic mass is 10.1. The second-order valence-corrected chi connectivity index (χ2v) is 6.80. The van der Waals surface area contributed by atoms with Gasteiger partial charge in [0.25, 0.3) is 0 Å². The number of aryl methyl sites for hydroxylation is 2. The molecule has 0 unspecified atom stereocenters. The van der Waals surface area contributed by atoms with Gasteiger partial charge in [0, 0.05) is 18.8 Å². The van der Waals surface area contributed by atoms with Crippen molar-refractivity contribution in [3.8, 4) is 0 Å². The first-order valence-corrected chi connectivity index (χ1v) is 9.01. The maximum Gasteiger partial charge on any atom is 0.318 e. The van der Waals surface area contributed by atoms with Crippen LogP contribution in [-0.4, -0.2) is 29.4 Å². The SMILES string of the molecule is Cc1ccc(NC(=O)[C@H]2CCCN2C(=O)NCc2ccccc2)c(C)c1. The Kier molecular flexibility index (Phi) is 5.56. The molecule has 1 fully saturated rings. The molecule has 0 aromatic heterocycles. The number of hydrogen-bond acceptors (Lipinski definition) is 2. The summed E-state index contributed by atoms with van der Waals surface area (Å²) in [5, 5.41) is 5.89. The fourth-order valence-corrected chi connectivity index (χ4v) is 3.33. The van der Waals surface area contributed by atoms with Crippen LogP contribution in [0.2, 0.25) is 0 Å². The third kappa shape index (κ3) is 4.23. The lowest BCUT2D eigenvalue weighted by molar-refractivity contribution is -0.119. The van der Waals surface area contributed by atoms with Gasteiger partial charge in [-0.05, 0) is 43.9 Å². The molecule has 0 aliphatic carbocycles. The van der Waals surface area contributed by atoms with Crippen LogP contribution in [0.1, 0.15) is 29.5 Å². The minimum absolute atomic E-state index is 0.121. The van der Waals surface area contributed by atoms with Crippen molar-refractivity contribution >= 4 is 17.6 Å². The van der Waals surface area contributed by atoms with Crippen LogP contribution in [0, 0.1) is 13.8 Å². The minimum Gasteiger partial charge on any atom is -0.334 e. The fourth-order valence-electron chi connectivity index (χ4n) is 3.33. The lowest BCUT2D eigenvalue weighted by Gasteiger charge is -2.24. The van der Waals surface area contributed by atoms with Gasteiger partial charge in [-0.25, -0.2) is 4.79 Å². The van der Waals surface area contributed by atoms with Gasteiger partial charge in [0.05, 0.1) is 0 Å². The third-order valence-electron chi connectivity index (χ3n) is 4.74. The van der Waals surface area contributed by atoms with Gasteiger partial charge in [-0.2, -0.15) is 0 Å².